The number of rotatable bonds is 2. The zero-order valence-electron chi connectivity index (χ0n) is 14.3. The van der Waals surface area contributed by atoms with E-state index in [-0.39, 0.29) is 6.09 Å². The summed E-state index contributed by atoms with van der Waals surface area (Å²) in [5.74, 6) is 0. The van der Waals surface area contributed by atoms with Crippen LogP contribution in [0.25, 0.3) is 11.0 Å². The smallest absolute Gasteiger partial charge is 0.410 e. The van der Waals surface area contributed by atoms with E-state index in [1.54, 1.807) is 11.1 Å². The highest BCUT2D eigenvalue weighted by atomic mass is 79.9. The van der Waals surface area contributed by atoms with Gasteiger partial charge >= 0.3 is 6.09 Å². The summed E-state index contributed by atoms with van der Waals surface area (Å²) < 4.78 is 6.48. The molecule has 0 spiro atoms. The van der Waals surface area contributed by atoms with Crippen molar-refractivity contribution in [3.8, 4) is 0 Å². The van der Waals surface area contributed by atoms with Crippen molar-refractivity contribution in [1.82, 2.24) is 19.8 Å². The second-order valence-corrected chi connectivity index (χ2v) is 7.95. The topological polar surface area (TPSA) is 61.5 Å². The normalized spacial score (nSPS) is 16.6. The van der Waals surface area contributed by atoms with Crippen LogP contribution in [0.5, 0.6) is 0 Å². The van der Waals surface area contributed by atoms with Crippen molar-refractivity contribution in [3.63, 3.8) is 0 Å². The van der Waals surface area contributed by atoms with Crippen LogP contribution in [0.1, 0.15) is 26.5 Å². The van der Waals surface area contributed by atoms with E-state index in [1.807, 2.05) is 26.8 Å². The number of ether oxygens (including phenoxy) is 1. The molecule has 1 saturated heterocycles. The molecule has 6 nitrogen and oxygen atoms in total. The summed E-state index contributed by atoms with van der Waals surface area (Å²) in [6.45, 7) is 9.56. The minimum absolute atomic E-state index is 0.221. The standard InChI is InChI=1S/C17H23BrN4O2/c1-17(2,3)24-16(23)22-8-6-21(7-9-22)11-12-10-13-14(18)4-5-19-15(13)20-12/h4-5,10H,6-9,11H2,1-3H3,(H,19,20). The Hall–Kier alpha value is -1.60. The SMILES string of the molecule is CC(C)(C)OC(=O)N1CCN(Cc2cc3c(Br)ccnc3[nH]2)CC1. The molecule has 0 radical (unpaired) electrons. The highest BCUT2D eigenvalue weighted by Gasteiger charge is 2.26. The van der Waals surface area contributed by atoms with Crippen LogP contribution in [0.15, 0.2) is 22.8 Å². The molecule has 2 aromatic heterocycles. The van der Waals surface area contributed by atoms with E-state index in [2.05, 4.69) is 36.9 Å². The number of H-pyrrole nitrogens is 1. The number of pyridine rings is 1. The molecule has 0 saturated carbocycles. The maximum absolute atomic E-state index is 12.1. The number of hydrogen-bond acceptors (Lipinski definition) is 4. The third-order valence-electron chi connectivity index (χ3n) is 3.95. The largest absolute Gasteiger partial charge is 0.444 e. The Kier molecular flexibility index (Phi) is 4.83. The number of amides is 1. The maximum Gasteiger partial charge on any atom is 0.410 e. The molecule has 3 rings (SSSR count). The Balaban J connectivity index is 1.57. The van der Waals surface area contributed by atoms with Gasteiger partial charge in [0, 0.05) is 54.5 Å². The average molecular weight is 395 g/mol. The monoisotopic (exact) mass is 394 g/mol. The Labute approximate surface area is 150 Å². The molecule has 1 amide bonds. The molecule has 1 aliphatic rings. The first-order valence-electron chi connectivity index (χ1n) is 8.14. The molecule has 1 aliphatic heterocycles. The van der Waals surface area contributed by atoms with Gasteiger partial charge in [0.25, 0.3) is 0 Å². The summed E-state index contributed by atoms with van der Waals surface area (Å²) in [5.41, 5.74) is 1.58. The van der Waals surface area contributed by atoms with Gasteiger partial charge < -0.3 is 14.6 Å². The fourth-order valence-corrected chi connectivity index (χ4v) is 3.21. The van der Waals surface area contributed by atoms with Gasteiger partial charge in [-0.2, -0.15) is 0 Å². The number of aromatic nitrogens is 2. The van der Waals surface area contributed by atoms with Gasteiger partial charge in [-0.15, -0.1) is 0 Å². The van der Waals surface area contributed by atoms with Crippen LogP contribution in [0, 0.1) is 0 Å². The van der Waals surface area contributed by atoms with E-state index in [0.717, 1.165) is 40.8 Å². The quantitative estimate of drug-likeness (QED) is 0.847. The Morgan fingerprint density at radius 2 is 2.04 bits per heavy atom. The van der Waals surface area contributed by atoms with E-state index < -0.39 is 5.60 Å². The molecule has 3 heterocycles. The predicted octanol–water partition coefficient (Wildman–Crippen LogP) is 3.38. The number of carbonyl (C=O) groups is 1. The van der Waals surface area contributed by atoms with Gasteiger partial charge in [0.1, 0.15) is 11.2 Å². The van der Waals surface area contributed by atoms with Gasteiger partial charge in [-0.3, -0.25) is 4.90 Å². The second kappa shape index (κ2) is 6.72. The lowest BCUT2D eigenvalue weighted by atomic mass is 10.2. The van der Waals surface area contributed by atoms with E-state index in [4.69, 9.17) is 4.74 Å². The van der Waals surface area contributed by atoms with Crippen molar-refractivity contribution in [1.29, 1.82) is 0 Å². The molecule has 0 unspecified atom stereocenters. The van der Waals surface area contributed by atoms with Crippen LogP contribution in [0.2, 0.25) is 0 Å². The molecular weight excluding hydrogens is 372 g/mol. The van der Waals surface area contributed by atoms with Gasteiger partial charge in [0.05, 0.1) is 0 Å². The molecule has 0 aromatic carbocycles. The minimum atomic E-state index is -0.445. The number of halogens is 1. The van der Waals surface area contributed by atoms with Crippen LogP contribution < -0.4 is 0 Å². The van der Waals surface area contributed by atoms with Gasteiger partial charge in [0.2, 0.25) is 0 Å². The van der Waals surface area contributed by atoms with E-state index in [9.17, 15) is 4.79 Å². The Morgan fingerprint density at radius 1 is 1.33 bits per heavy atom. The fourth-order valence-electron chi connectivity index (χ4n) is 2.79. The van der Waals surface area contributed by atoms with Crippen molar-refractivity contribution in [2.75, 3.05) is 26.2 Å². The molecule has 1 fully saturated rings. The molecule has 0 bridgehead atoms. The van der Waals surface area contributed by atoms with Crippen molar-refractivity contribution in [3.05, 3.63) is 28.5 Å². The Morgan fingerprint density at radius 3 is 2.67 bits per heavy atom. The molecular formula is C17H23BrN4O2. The summed E-state index contributed by atoms with van der Waals surface area (Å²) in [7, 11) is 0. The lowest BCUT2D eigenvalue weighted by Gasteiger charge is -2.35. The fraction of sp³-hybridized carbons (Fsp3) is 0.529. The highest BCUT2D eigenvalue weighted by molar-refractivity contribution is 9.10. The first-order valence-corrected chi connectivity index (χ1v) is 8.93. The Bertz CT molecular complexity index is 730. The molecule has 0 aliphatic carbocycles. The van der Waals surface area contributed by atoms with Crippen LogP contribution >= 0.6 is 15.9 Å². The molecule has 1 N–H and O–H groups in total. The number of nitrogens with one attached hydrogen (secondary N) is 1. The third-order valence-corrected chi connectivity index (χ3v) is 4.64. The van der Waals surface area contributed by atoms with Crippen LogP contribution in [-0.2, 0) is 11.3 Å². The molecule has 24 heavy (non-hydrogen) atoms. The first-order chi connectivity index (χ1) is 11.3. The number of hydrogen-bond donors (Lipinski definition) is 1. The van der Waals surface area contributed by atoms with E-state index in [1.165, 1.54) is 0 Å². The average Bonchev–Trinajstić information content (AvgIpc) is 2.90. The lowest BCUT2D eigenvalue weighted by Crippen LogP contribution is -2.49. The summed E-state index contributed by atoms with van der Waals surface area (Å²) >= 11 is 3.55. The second-order valence-electron chi connectivity index (χ2n) is 7.09. The van der Waals surface area contributed by atoms with E-state index in [0.29, 0.717) is 13.1 Å². The third kappa shape index (κ3) is 4.08. The summed E-state index contributed by atoms with van der Waals surface area (Å²) in [6.07, 6.45) is 1.56. The van der Waals surface area contributed by atoms with Gasteiger partial charge in [-0.1, -0.05) is 0 Å². The number of piperazine rings is 1. The zero-order valence-corrected chi connectivity index (χ0v) is 15.9. The van der Waals surface area contributed by atoms with Gasteiger partial charge in [-0.25, -0.2) is 9.78 Å². The summed E-state index contributed by atoms with van der Waals surface area (Å²) in [5, 5.41) is 1.10. The highest BCUT2D eigenvalue weighted by Crippen LogP contribution is 2.23. The van der Waals surface area contributed by atoms with E-state index >= 15 is 0 Å². The zero-order chi connectivity index (χ0) is 17.3. The molecule has 7 heteroatoms. The maximum atomic E-state index is 12.1. The van der Waals surface area contributed by atoms with Crippen molar-refractivity contribution in [2.45, 2.75) is 32.9 Å². The number of aromatic amines is 1. The molecule has 130 valence electrons. The lowest BCUT2D eigenvalue weighted by molar-refractivity contribution is 0.0138. The first kappa shape index (κ1) is 17.2. The summed E-state index contributed by atoms with van der Waals surface area (Å²) in [6, 6.07) is 4.08. The minimum Gasteiger partial charge on any atom is -0.444 e. The van der Waals surface area contributed by atoms with Crippen LogP contribution in [0.3, 0.4) is 0 Å². The van der Waals surface area contributed by atoms with Gasteiger partial charge in [0.15, 0.2) is 0 Å². The van der Waals surface area contributed by atoms with Gasteiger partial charge in [-0.05, 0) is 48.8 Å². The molecule has 2 aromatic rings. The van der Waals surface area contributed by atoms with Crippen molar-refractivity contribution < 1.29 is 9.53 Å². The van der Waals surface area contributed by atoms with Crippen molar-refractivity contribution in [2.24, 2.45) is 0 Å². The number of fused-ring (bicyclic) bond motifs is 1. The summed E-state index contributed by atoms with van der Waals surface area (Å²) in [4.78, 5) is 23.9. The number of carbonyl (C=O) groups excluding carboxylic acids is 1. The predicted molar refractivity (Wildman–Crippen MR) is 96.9 cm³/mol. The van der Waals surface area contributed by atoms with Crippen LogP contribution in [0.4, 0.5) is 4.79 Å². The molecule has 0 atom stereocenters. The van der Waals surface area contributed by atoms with Crippen molar-refractivity contribution >= 4 is 33.1 Å². The number of nitrogens with zero attached hydrogens (tertiary/aromatic N) is 3. The van der Waals surface area contributed by atoms with Crippen LogP contribution in [-0.4, -0.2) is 57.6 Å².